The summed E-state index contributed by atoms with van der Waals surface area (Å²) in [6, 6.07) is 12.5. The number of hydrogen-bond acceptors (Lipinski definition) is 4. The molecular formula is C26H30F2N4O2. The average molecular weight is 469 g/mol. The van der Waals surface area contributed by atoms with Crippen LogP contribution in [0.15, 0.2) is 42.5 Å². The number of β-amino-alcohol motifs (C(OH)–C–C–N with tert-alkyl or cyclic N) is 1. The summed E-state index contributed by atoms with van der Waals surface area (Å²) in [6.07, 6.45) is 3.77. The van der Waals surface area contributed by atoms with Crippen LogP contribution in [0.3, 0.4) is 0 Å². The summed E-state index contributed by atoms with van der Waals surface area (Å²) in [4.78, 5) is 17.1. The van der Waals surface area contributed by atoms with Crippen LogP contribution in [0.1, 0.15) is 49.1 Å². The van der Waals surface area contributed by atoms with Crippen molar-refractivity contribution in [2.45, 2.75) is 50.2 Å². The van der Waals surface area contributed by atoms with Crippen molar-refractivity contribution in [3.63, 3.8) is 0 Å². The summed E-state index contributed by atoms with van der Waals surface area (Å²) in [5.41, 5.74) is 1.89. The quantitative estimate of drug-likeness (QED) is 0.656. The Labute approximate surface area is 198 Å². The Hall–Kier alpha value is -3.02. The number of amides is 2. The molecule has 0 spiro atoms. The minimum atomic E-state index is -0.743. The second-order valence-electron chi connectivity index (χ2n) is 9.27. The number of benzene rings is 2. The fraction of sp³-hybridized carbons (Fsp3) is 0.462. The van der Waals surface area contributed by atoms with Crippen molar-refractivity contribution in [1.82, 2.24) is 9.80 Å². The van der Waals surface area contributed by atoms with Crippen molar-refractivity contribution in [1.29, 1.82) is 5.26 Å². The zero-order valence-electron chi connectivity index (χ0n) is 19.1. The first kappa shape index (κ1) is 24.1. The van der Waals surface area contributed by atoms with Gasteiger partial charge in [0.05, 0.1) is 17.7 Å². The lowest BCUT2D eigenvalue weighted by molar-refractivity contribution is 0.143. The molecule has 34 heavy (non-hydrogen) atoms. The van der Waals surface area contributed by atoms with Gasteiger partial charge in [0.2, 0.25) is 0 Å². The van der Waals surface area contributed by atoms with E-state index in [4.69, 9.17) is 0 Å². The monoisotopic (exact) mass is 468 g/mol. The molecular weight excluding hydrogens is 438 g/mol. The highest BCUT2D eigenvalue weighted by atomic mass is 19.1. The lowest BCUT2D eigenvalue weighted by Gasteiger charge is -2.38. The summed E-state index contributed by atoms with van der Waals surface area (Å²) < 4.78 is 27.3. The number of carbonyl (C=O) groups is 1. The van der Waals surface area contributed by atoms with Crippen molar-refractivity contribution in [2.75, 3.05) is 31.5 Å². The van der Waals surface area contributed by atoms with Gasteiger partial charge in [-0.1, -0.05) is 12.1 Å². The van der Waals surface area contributed by atoms with Crippen molar-refractivity contribution >= 4 is 11.7 Å². The Kier molecular flexibility index (Phi) is 7.76. The van der Waals surface area contributed by atoms with Crippen LogP contribution in [0, 0.1) is 23.0 Å². The summed E-state index contributed by atoms with van der Waals surface area (Å²) in [5.74, 6) is -1.15. The maximum atomic E-state index is 13.6. The van der Waals surface area contributed by atoms with Crippen molar-refractivity contribution in [3.05, 3.63) is 65.2 Å². The largest absolute Gasteiger partial charge is 0.392 e. The third-order valence-electron chi connectivity index (χ3n) is 6.90. The van der Waals surface area contributed by atoms with Gasteiger partial charge in [-0.25, -0.2) is 13.6 Å². The molecule has 6 nitrogen and oxygen atoms in total. The Balaban J connectivity index is 1.43. The Morgan fingerprint density at radius 3 is 2.50 bits per heavy atom. The molecule has 1 aliphatic carbocycles. The number of nitrogens with zero attached hydrogens (tertiary/aromatic N) is 3. The lowest BCUT2D eigenvalue weighted by Crippen LogP contribution is -2.47. The van der Waals surface area contributed by atoms with Crippen LogP contribution in [0.2, 0.25) is 0 Å². The van der Waals surface area contributed by atoms with Crippen molar-refractivity contribution in [2.24, 2.45) is 0 Å². The second-order valence-corrected chi connectivity index (χ2v) is 9.27. The van der Waals surface area contributed by atoms with Crippen LogP contribution in [0.4, 0.5) is 19.3 Å². The fourth-order valence-electron chi connectivity index (χ4n) is 5.12. The maximum Gasteiger partial charge on any atom is 0.322 e. The van der Waals surface area contributed by atoms with Crippen molar-refractivity contribution in [3.8, 4) is 6.07 Å². The molecule has 0 aromatic heterocycles. The summed E-state index contributed by atoms with van der Waals surface area (Å²) in [6.45, 7) is 2.47. The maximum absolute atomic E-state index is 13.6. The van der Waals surface area contributed by atoms with Crippen LogP contribution in [-0.2, 0) is 0 Å². The topological polar surface area (TPSA) is 79.6 Å². The Bertz CT molecular complexity index is 1030. The zero-order chi connectivity index (χ0) is 24.1. The first-order valence-electron chi connectivity index (χ1n) is 11.9. The van der Waals surface area contributed by atoms with Gasteiger partial charge in [0.15, 0.2) is 0 Å². The number of aliphatic hydroxyl groups excluding tert-OH is 1. The fourth-order valence-corrected chi connectivity index (χ4v) is 5.12. The third kappa shape index (κ3) is 6.10. The van der Waals surface area contributed by atoms with E-state index in [2.05, 4.69) is 16.3 Å². The number of urea groups is 1. The molecule has 2 fully saturated rings. The molecule has 4 rings (SSSR count). The molecule has 8 heteroatoms. The Morgan fingerprint density at radius 1 is 1.12 bits per heavy atom. The first-order chi connectivity index (χ1) is 16.4. The minimum absolute atomic E-state index is 0.00123. The van der Waals surface area contributed by atoms with E-state index in [1.807, 2.05) is 18.2 Å². The van der Waals surface area contributed by atoms with E-state index in [-0.39, 0.29) is 23.9 Å². The number of carbonyl (C=O) groups excluding carboxylic acids is 1. The highest BCUT2D eigenvalue weighted by Crippen LogP contribution is 2.35. The highest BCUT2D eigenvalue weighted by molar-refractivity contribution is 5.89. The number of rotatable bonds is 6. The van der Waals surface area contributed by atoms with E-state index in [1.165, 1.54) is 0 Å². The number of hydrogen-bond donors (Lipinski definition) is 2. The number of anilines is 1. The SMILES string of the molecule is N#Cc1cccc(C2CCC(N(CCN3CC[C@@H](O)C3)C(=O)Nc3cc(F)cc(F)c3)CC2)c1. The van der Waals surface area contributed by atoms with Gasteiger partial charge in [0.1, 0.15) is 11.6 Å². The van der Waals surface area contributed by atoms with E-state index < -0.39 is 11.6 Å². The second kappa shape index (κ2) is 10.9. The molecule has 2 N–H and O–H groups in total. The smallest absolute Gasteiger partial charge is 0.322 e. The van der Waals surface area contributed by atoms with Gasteiger partial charge in [0.25, 0.3) is 0 Å². The molecule has 2 aromatic carbocycles. The summed E-state index contributed by atoms with van der Waals surface area (Å²) in [7, 11) is 0. The average Bonchev–Trinajstić information content (AvgIpc) is 3.24. The molecule has 0 radical (unpaired) electrons. The summed E-state index contributed by atoms with van der Waals surface area (Å²) in [5, 5.41) is 21.7. The molecule has 180 valence electrons. The molecule has 1 saturated carbocycles. The normalized spacial score (nSPS) is 22.8. The van der Waals surface area contributed by atoms with E-state index in [0.29, 0.717) is 31.1 Å². The molecule has 1 saturated heterocycles. The minimum Gasteiger partial charge on any atom is -0.392 e. The predicted molar refractivity (Wildman–Crippen MR) is 125 cm³/mol. The standard InChI is InChI=1S/C26H30F2N4O2/c27-21-13-22(28)15-23(14-21)30-26(34)32(11-10-31-9-8-25(33)17-31)24-6-4-19(5-7-24)20-3-1-2-18(12-20)16-29/h1-3,12-15,19,24-25,33H,4-11,17H2,(H,30,34)/t19?,24?,25-/m1/s1. The van der Waals surface area contributed by atoms with E-state index in [1.54, 1.807) is 11.0 Å². The molecule has 2 amide bonds. The van der Waals surface area contributed by atoms with Gasteiger partial charge in [-0.3, -0.25) is 4.90 Å². The Morgan fingerprint density at radius 2 is 1.85 bits per heavy atom. The van der Waals surface area contributed by atoms with E-state index >= 15 is 0 Å². The number of nitrogens with one attached hydrogen (secondary N) is 1. The van der Waals surface area contributed by atoms with Gasteiger partial charge < -0.3 is 15.3 Å². The molecule has 1 atom stereocenters. The van der Waals surface area contributed by atoms with Crippen LogP contribution >= 0.6 is 0 Å². The highest BCUT2D eigenvalue weighted by Gasteiger charge is 2.31. The van der Waals surface area contributed by atoms with Crippen molar-refractivity contribution < 1.29 is 18.7 Å². The van der Waals surface area contributed by atoms with Crippen LogP contribution in [-0.4, -0.2) is 59.3 Å². The molecule has 2 aliphatic rings. The van der Waals surface area contributed by atoms with Gasteiger partial charge in [-0.05, 0) is 67.9 Å². The first-order valence-corrected chi connectivity index (χ1v) is 11.9. The van der Waals surface area contributed by atoms with Gasteiger partial charge in [0, 0.05) is 44.0 Å². The molecule has 0 bridgehead atoms. The third-order valence-corrected chi connectivity index (χ3v) is 6.90. The van der Waals surface area contributed by atoms with Gasteiger partial charge >= 0.3 is 6.03 Å². The zero-order valence-corrected chi connectivity index (χ0v) is 19.1. The van der Waals surface area contributed by atoms with Crippen LogP contribution < -0.4 is 5.32 Å². The van der Waals surface area contributed by atoms with Gasteiger partial charge in [-0.15, -0.1) is 0 Å². The number of aliphatic hydroxyl groups is 1. The number of halogens is 2. The van der Waals surface area contributed by atoms with E-state index in [9.17, 15) is 23.9 Å². The van der Waals surface area contributed by atoms with Crippen LogP contribution in [0.25, 0.3) is 0 Å². The summed E-state index contributed by atoms with van der Waals surface area (Å²) >= 11 is 0. The number of nitriles is 1. The molecule has 1 aliphatic heterocycles. The predicted octanol–water partition coefficient (Wildman–Crippen LogP) is 4.46. The molecule has 0 unspecified atom stereocenters. The van der Waals surface area contributed by atoms with Crippen LogP contribution in [0.5, 0.6) is 0 Å². The lowest BCUT2D eigenvalue weighted by atomic mass is 9.81. The number of likely N-dealkylation sites (tertiary alicyclic amines) is 1. The van der Waals surface area contributed by atoms with E-state index in [0.717, 1.165) is 62.4 Å². The molecule has 2 aromatic rings. The van der Waals surface area contributed by atoms with Gasteiger partial charge in [-0.2, -0.15) is 5.26 Å². The molecule has 1 heterocycles.